The second-order valence-electron chi connectivity index (χ2n) is 5.81. The molecule has 0 saturated carbocycles. The largest absolute Gasteiger partial charge is 0.439 e. The first-order valence-corrected chi connectivity index (χ1v) is 7.93. The molecule has 0 spiro atoms. The van der Waals surface area contributed by atoms with Gasteiger partial charge in [-0.15, -0.1) is 0 Å². The molecule has 1 N–H and O–H groups in total. The zero-order chi connectivity index (χ0) is 18.7. The number of hydrazone groups is 1. The lowest BCUT2D eigenvalue weighted by atomic mass is 10.0. The van der Waals surface area contributed by atoms with E-state index in [9.17, 15) is 14.0 Å². The van der Waals surface area contributed by atoms with Gasteiger partial charge in [0.05, 0.1) is 5.71 Å². The van der Waals surface area contributed by atoms with E-state index in [1.165, 1.54) is 36.3 Å². The van der Waals surface area contributed by atoms with Crippen molar-refractivity contribution in [3.8, 4) is 11.6 Å². The number of amides is 2. The quantitative estimate of drug-likeness (QED) is 0.832. The summed E-state index contributed by atoms with van der Waals surface area (Å²) in [7, 11) is 1.52. The molecule has 0 aliphatic carbocycles. The summed E-state index contributed by atoms with van der Waals surface area (Å²) in [6, 6.07) is 9.00. The van der Waals surface area contributed by atoms with Gasteiger partial charge in [-0.1, -0.05) is 6.07 Å². The summed E-state index contributed by atoms with van der Waals surface area (Å²) < 4.78 is 18.4. The molecule has 1 aliphatic heterocycles. The van der Waals surface area contributed by atoms with Crippen molar-refractivity contribution in [1.29, 1.82) is 0 Å². The molecule has 8 heteroatoms. The molecular formula is C18H17FN4O3. The zero-order valence-corrected chi connectivity index (χ0v) is 14.3. The fourth-order valence-electron chi connectivity index (χ4n) is 2.50. The highest BCUT2D eigenvalue weighted by Gasteiger charge is 2.37. The van der Waals surface area contributed by atoms with Crippen LogP contribution in [0.5, 0.6) is 11.6 Å². The van der Waals surface area contributed by atoms with E-state index in [2.05, 4.69) is 15.4 Å². The van der Waals surface area contributed by atoms with E-state index in [1.54, 1.807) is 25.3 Å². The maximum absolute atomic E-state index is 12.9. The first-order chi connectivity index (χ1) is 12.4. The van der Waals surface area contributed by atoms with Crippen molar-refractivity contribution in [3.63, 3.8) is 0 Å². The highest BCUT2D eigenvalue weighted by atomic mass is 19.1. The number of hydrogen-bond acceptors (Lipinski definition) is 5. The Hall–Kier alpha value is -3.29. The van der Waals surface area contributed by atoms with Gasteiger partial charge in [0.1, 0.15) is 11.6 Å². The van der Waals surface area contributed by atoms with Crippen LogP contribution in [0.2, 0.25) is 0 Å². The number of pyridine rings is 1. The van der Waals surface area contributed by atoms with Crippen molar-refractivity contribution in [1.82, 2.24) is 15.3 Å². The third-order valence-corrected chi connectivity index (χ3v) is 3.85. The van der Waals surface area contributed by atoms with Crippen LogP contribution < -0.4 is 10.1 Å². The van der Waals surface area contributed by atoms with E-state index in [4.69, 9.17) is 4.74 Å². The SMILES string of the molecule is CC1=NN(C)C(=O)C1C(=O)NCc1ccc(Oc2ccc(F)cc2)nc1. The average molecular weight is 356 g/mol. The predicted octanol–water partition coefficient (Wildman–Crippen LogP) is 2.09. The Balaban J connectivity index is 1.56. The van der Waals surface area contributed by atoms with Gasteiger partial charge in [0, 0.05) is 25.9 Å². The van der Waals surface area contributed by atoms with E-state index >= 15 is 0 Å². The van der Waals surface area contributed by atoms with E-state index < -0.39 is 11.8 Å². The number of ether oxygens (including phenoxy) is 1. The van der Waals surface area contributed by atoms with E-state index in [1.807, 2.05) is 0 Å². The van der Waals surface area contributed by atoms with Crippen molar-refractivity contribution in [3.05, 3.63) is 54.0 Å². The number of carbonyl (C=O) groups is 2. The van der Waals surface area contributed by atoms with Crippen molar-refractivity contribution in [2.75, 3.05) is 7.05 Å². The van der Waals surface area contributed by atoms with Gasteiger partial charge in [0.15, 0.2) is 5.92 Å². The number of hydrogen-bond donors (Lipinski definition) is 1. The molecule has 1 aliphatic rings. The molecule has 1 aromatic heterocycles. The van der Waals surface area contributed by atoms with Crippen molar-refractivity contribution in [2.24, 2.45) is 11.0 Å². The molecule has 1 aromatic carbocycles. The molecule has 134 valence electrons. The van der Waals surface area contributed by atoms with Crippen LogP contribution in [0.3, 0.4) is 0 Å². The summed E-state index contributed by atoms with van der Waals surface area (Å²) in [5, 5.41) is 7.85. The third-order valence-electron chi connectivity index (χ3n) is 3.85. The van der Waals surface area contributed by atoms with Gasteiger partial charge in [0.2, 0.25) is 11.8 Å². The first-order valence-electron chi connectivity index (χ1n) is 7.93. The Morgan fingerprint density at radius 2 is 2.00 bits per heavy atom. The Morgan fingerprint density at radius 1 is 1.27 bits per heavy atom. The van der Waals surface area contributed by atoms with Crippen molar-refractivity contribution in [2.45, 2.75) is 13.5 Å². The highest BCUT2D eigenvalue weighted by Crippen LogP contribution is 2.19. The number of nitrogens with zero attached hydrogens (tertiary/aromatic N) is 3. The van der Waals surface area contributed by atoms with Crippen LogP contribution in [0, 0.1) is 11.7 Å². The molecule has 26 heavy (non-hydrogen) atoms. The lowest BCUT2D eigenvalue weighted by molar-refractivity contribution is -0.136. The van der Waals surface area contributed by atoms with E-state index in [0.717, 1.165) is 5.56 Å². The minimum absolute atomic E-state index is 0.226. The molecule has 1 unspecified atom stereocenters. The van der Waals surface area contributed by atoms with E-state index in [-0.39, 0.29) is 18.3 Å². The maximum Gasteiger partial charge on any atom is 0.260 e. The minimum Gasteiger partial charge on any atom is -0.439 e. The number of nitrogens with one attached hydrogen (secondary N) is 1. The monoisotopic (exact) mass is 356 g/mol. The Morgan fingerprint density at radius 3 is 2.58 bits per heavy atom. The standard InChI is InChI=1S/C18H17FN4O3/c1-11-16(18(25)23(2)22-11)17(24)21-10-12-3-8-15(20-9-12)26-14-6-4-13(19)5-7-14/h3-9,16H,10H2,1-2H3,(H,21,24). The van der Waals surface area contributed by atoms with Crippen LogP contribution >= 0.6 is 0 Å². The fraction of sp³-hybridized carbons (Fsp3) is 0.222. The number of halogens is 1. The van der Waals surface area contributed by atoms with Gasteiger partial charge >= 0.3 is 0 Å². The predicted molar refractivity (Wildman–Crippen MR) is 91.9 cm³/mol. The molecule has 2 amide bonds. The van der Waals surface area contributed by atoms with Crippen molar-refractivity contribution < 1.29 is 18.7 Å². The lowest BCUT2D eigenvalue weighted by Crippen LogP contribution is -2.39. The van der Waals surface area contributed by atoms with Gasteiger partial charge < -0.3 is 10.1 Å². The van der Waals surface area contributed by atoms with Crippen LogP contribution in [0.25, 0.3) is 0 Å². The van der Waals surface area contributed by atoms with E-state index in [0.29, 0.717) is 17.3 Å². The number of carbonyl (C=O) groups excluding carboxylic acids is 2. The van der Waals surface area contributed by atoms with Crippen LogP contribution in [-0.4, -0.2) is 34.6 Å². The van der Waals surface area contributed by atoms with Gasteiger partial charge in [-0.2, -0.15) is 5.10 Å². The Bertz CT molecular complexity index is 850. The number of rotatable bonds is 5. The smallest absolute Gasteiger partial charge is 0.260 e. The Kier molecular flexibility index (Phi) is 4.92. The molecular weight excluding hydrogens is 339 g/mol. The molecule has 1 atom stereocenters. The third kappa shape index (κ3) is 3.85. The normalized spacial score (nSPS) is 16.4. The van der Waals surface area contributed by atoms with Gasteiger partial charge in [-0.05, 0) is 36.8 Å². The summed E-state index contributed by atoms with van der Waals surface area (Å²) in [5.41, 5.74) is 1.22. The van der Waals surface area contributed by atoms with Crippen LogP contribution in [0.4, 0.5) is 4.39 Å². The molecule has 2 aromatic rings. The highest BCUT2D eigenvalue weighted by molar-refractivity contribution is 6.21. The Labute approximate surface area is 149 Å². The molecule has 3 rings (SSSR count). The van der Waals surface area contributed by atoms with Crippen LogP contribution in [0.1, 0.15) is 12.5 Å². The van der Waals surface area contributed by atoms with Gasteiger partial charge in [-0.3, -0.25) is 9.59 Å². The lowest BCUT2D eigenvalue weighted by Gasteiger charge is -2.11. The zero-order valence-electron chi connectivity index (χ0n) is 14.3. The number of aromatic nitrogens is 1. The summed E-state index contributed by atoms with van der Waals surface area (Å²) in [6.45, 7) is 1.87. The summed E-state index contributed by atoms with van der Waals surface area (Å²) in [6.07, 6.45) is 1.56. The maximum atomic E-state index is 12.9. The number of benzene rings is 1. The topological polar surface area (TPSA) is 83.9 Å². The molecule has 0 bridgehead atoms. The molecule has 2 heterocycles. The fourth-order valence-corrected chi connectivity index (χ4v) is 2.50. The van der Waals surface area contributed by atoms with Crippen LogP contribution in [-0.2, 0) is 16.1 Å². The first kappa shape index (κ1) is 17.5. The molecule has 7 nitrogen and oxygen atoms in total. The minimum atomic E-state index is -0.881. The molecule has 0 saturated heterocycles. The molecule has 0 radical (unpaired) electrons. The molecule has 0 fully saturated rings. The summed E-state index contributed by atoms with van der Waals surface area (Å²) in [5.74, 6) is -1.15. The van der Waals surface area contributed by atoms with Crippen molar-refractivity contribution >= 4 is 17.5 Å². The second-order valence-corrected chi connectivity index (χ2v) is 5.81. The van der Waals surface area contributed by atoms with Gasteiger partial charge in [-0.25, -0.2) is 14.4 Å². The van der Waals surface area contributed by atoms with Crippen LogP contribution in [0.15, 0.2) is 47.7 Å². The average Bonchev–Trinajstić information content (AvgIpc) is 2.88. The summed E-state index contributed by atoms with van der Waals surface area (Å²) >= 11 is 0. The van der Waals surface area contributed by atoms with Gasteiger partial charge in [0.25, 0.3) is 5.91 Å². The summed E-state index contributed by atoms with van der Waals surface area (Å²) in [4.78, 5) is 28.3. The second kappa shape index (κ2) is 7.30.